The fraction of sp³-hybridized carbons (Fsp3) is 0.467. The normalized spacial score (nSPS) is 17.9. The molecule has 1 fully saturated rings. The topological polar surface area (TPSA) is 89.0 Å². The van der Waals surface area contributed by atoms with Gasteiger partial charge >= 0.3 is 0 Å². The lowest BCUT2D eigenvalue weighted by Crippen LogP contribution is -3.12. The van der Waals surface area contributed by atoms with E-state index in [-0.39, 0.29) is 11.3 Å². The maximum Gasteiger partial charge on any atom is 0.273 e. The van der Waals surface area contributed by atoms with Crippen LogP contribution in [-0.2, 0) is 0 Å². The summed E-state index contributed by atoms with van der Waals surface area (Å²) >= 11 is 0. The van der Waals surface area contributed by atoms with Gasteiger partial charge in [0.25, 0.3) is 11.6 Å². The Morgan fingerprint density at radius 1 is 1.41 bits per heavy atom. The van der Waals surface area contributed by atoms with Gasteiger partial charge in [0.05, 0.1) is 24.6 Å². The molecule has 0 unspecified atom stereocenters. The van der Waals surface area contributed by atoms with E-state index in [1.807, 2.05) is 0 Å². The first-order valence-electron chi connectivity index (χ1n) is 7.45. The van der Waals surface area contributed by atoms with Crippen molar-refractivity contribution < 1.29 is 14.6 Å². The van der Waals surface area contributed by atoms with E-state index in [1.165, 1.54) is 6.07 Å². The molecule has 1 aliphatic heterocycles. The van der Waals surface area contributed by atoms with Crippen LogP contribution in [0.4, 0.5) is 5.69 Å². The van der Waals surface area contributed by atoms with Gasteiger partial charge in [-0.05, 0) is 19.9 Å². The molecule has 7 nitrogen and oxygen atoms in total. The zero-order chi connectivity index (χ0) is 16.1. The summed E-state index contributed by atoms with van der Waals surface area (Å²) in [5.74, 6) is -0.416. The van der Waals surface area contributed by atoms with E-state index in [2.05, 4.69) is 17.5 Å². The molecule has 0 aliphatic carbocycles. The van der Waals surface area contributed by atoms with Crippen LogP contribution < -0.4 is 10.3 Å². The molecule has 1 amide bonds. The van der Waals surface area contributed by atoms with Gasteiger partial charge in [-0.25, -0.2) is 5.43 Å². The van der Waals surface area contributed by atoms with Gasteiger partial charge < -0.3 is 4.90 Å². The van der Waals surface area contributed by atoms with Gasteiger partial charge in [0, 0.05) is 35.7 Å². The Morgan fingerprint density at radius 3 is 2.68 bits per heavy atom. The number of nitrogens with zero attached hydrogens (tertiary/aromatic N) is 2. The minimum atomic E-state index is -0.485. The minimum Gasteiger partial charge on any atom is -0.335 e. The first kappa shape index (κ1) is 16.1. The van der Waals surface area contributed by atoms with E-state index in [0.717, 1.165) is 38.2 Å². The molecule has 1 aromatic carbocycles. The molecular formula is C15H21N4O3+. The maximum atomic E-state index is 12.0. The van der Waals surface area contributed by atoms with Crippen LogP contribution in [0.1, 0.15) is 35.7 Å². The molecule has 0 spiro atoms. The van der Waals surface area contributed by atoms with Crippen LogP contribution in [0.25, 0.3) is 0 Å². The number of nitrogens with one attached hydrogen (secondary N) is 2. The maximum absolute atomic E-state index is 12.0. The average molecular weight is 305 g/mol. The molecule has 22 heavy (non-hydrogen) atoms. The predicted molar refractivity (Wildman–Crippen MR) is 83.2 cm³/mol. The first-order valence-corrected chi connectivity index (χ1v) is 7.45. The quantitative estimate of drug-likeness (QED) is 0.633. The van der Waals surface area contributed by atoms with Gasteiger partial charge in [0.1, 0.15) is 0 Å². The van der Waals surface area contributed by atoms with Gasteiger partial charge in [0.15, 0.2) is 0 Å². The number of likely N-dealkylation sites (tertiary alicyclic amines) is 1. The van der Waals surface area contributed by atoms with Crippen molar-refractivity contribution in [1.29, 1.82) is 0 Å². The van der Waals surface area contributed by atoms with Crippen molar-refractivity contribution in [3.05, 3.63) is 39.4 Å². The van der Waals surface area contributed by atoms with Crippen LogP contribution in [0, 0.1) is 17.0 Å². The highest BCUT2D eigenvalue weighted by Gasteiger charge is 2.18. The monoisotopic (exact) mass is 305 g/mol. The number of hydrogen-bond acceptors (Lipinski definition) is 4. The molecule has 118 valence electrons. The molecule has 1 aromatic rings. The van der Waals surface area contributed by atoms with E-state index < -0.39 is 10.8 Å². The van der Waals surface area contributed by atoms with Crippen LogP contribution in [0.3, 0.4) is 0 Å². The highest BCUT2D eigenvalue weighted by atomic mass is 16.6. The third-order valence-corrected chi connectivity index (χ3v) is 4.02. The smallest absolute Gasteiger partial charge is 0.273 e. The first-order chi connectivity index (χ1) is 10.5. The Hall–Kier alpha value is -2.28. The van der Waals surface area contributed by atoms with E-state index in [4.69, 9.17) is 0 Å². The van der Waals surface area contributed by atoms with Crippen LogP contribution >= 0.6 is 0 Å². The van der Waals surface area contributed by atoms with Crippen LogP contribution in [0.5, 0.6) is 0 Å². The number of rotatable bonds is 4. The summed E-state index contributed by atoms with van der Waals surface area (Å²) in [6.45, 7) is 6.96. The lowest BCUT2D eigenvalue weighted by atomic mass is 10.1. The van der Waals surface area contributed by atoms with Crippen molar-refractivity contribution in [3.8, 4) is 0 Å². The lowest BCUT2D eigenvalue weighted by molar-refractivity contribution is -0.899. The number of piperidine rings is 1. The molecule has 7 heteroatoms. The third kappa shape index (κ3) is 3.88. The van der Waals surface area contributed by atoms with Gasteiger partial charge in [-0.15, -0.1) is 0 Å². The number of hydrazone groups is 1. The van der Waals surface area contributed by atoms with E-state index in [0.29, 0.717) is 5.56 Å². The van der Waals surface area contributed by atoms with Crippen molar-refractivity contribution in [2.24, 2.45) is 5.10 Å². The predicted octanol–water partition coefficient (Wildman–Crippen LogP) is 0.688. The highest BCUT2D eigenvalue weighted by molar-refractivity contribution is 5.96. The molecule has 0 radical (unpaired) electrons. The molecule has 1 saturated heterocycles. The summed E-state index contributed by atoms with van der Waals surface area (Å²) in [5.41, 5.74) is 4.21. The van der Waals surface area contributed by atoms with Gasteiger partial charge in [-0.1, -0.05) is 6.07 Å². The second-order valence-corrected chi connectivity index (χ2v) is 5.48. The molecule has 0 bridgehead atoms. The molecule has 0 atom stereocenters. The average Bonchev–Trinajstić information content (AvgIpc) is 2.53. The fourth-order valence-electron chi connectivity index (χ4n) is 2.50. The second kappa shape index (κ2) is 7.13. The Labute approximate surface area is 129 Å². The van der Waals surface area contributed by atoms with Crippen molar-refractivity contribution in [2.75, 3.05) is 19.6 Å². The lowest BCUT2D eigenvalue weighted by Gasteiger charge is -2.23. The van der Waals surface area contributed by atoms with Crippen LogP contribution in [0.15, 0.2) is 23.3 Å². The summed E-state index contributed by atoms with van der Waals surface area (Å²) in [4.78, 5) is 24.0. The van der Waals surface area contributed by atoms with Gasteiger partial charge in [0.2, 0.25) is 0 Å². The standard InChI is InChI=1S/C15H20N4O3/c1-3-18-8-6-13(7-9-18)16-17-15(20)12-5-4-11(2)14(10-12)19(21)22/h4-5,10H,3,6-9H2,1-2H3,(H,17,20)/p+1. The molecule has 0 saturated carbocycles. The number of carbonyl (C=O) groups excluding carboxylic acids is 1. The third-order valence-electron chi connectivity index (χ3n) is 4.02. The summed E-state index contributed by atoms with van der Waals surface area (Å²) in [7, 11) is 0. The van der Waals surface area contributed by atoms with Crippen molar-refractivity contribution >= 4 is 17.3 Å². The van der Waals surface area contributed by atoms with E-state index >= 15 is 0 Å². The van der Waals surface area contributed by atoms with Crippen molar-refractivity contribution in [1.82, 2.24) is 5.43 Å². The summed E-state index contributed by atoms with van der Waals surface area (Å²) in [6, 6.07) is 4.43. The number of nitro benzene ring substituents is 1. The Bertz CT molecular complexity index is 603. The number of benzene rings is 1. The number of quaternary nitrogens is 1. The summed E-state index contributed by atoms with van der Waals surface area (Å²) in [6.07, 6.45) is 1.75. The molecule has 1 aliphatic rings. The zero-order valence-corrected chi connectivity index (χ0v) is 12.9. The molecule has 1 heterocycles. The minimum absolute atomic E-state index is 0.0554. The molecule has 2 rings (SSSR count). The number of hydrogen-bond donors (Lipinski definition) is 2. The number of amides is 1. The van der Waals surface area contributed by atoms with Crippen molar-refractivity contribution in [3.63, 3.8) is 0 Å². The fourth-order valence-corrected chi connectivity index (χ4v) is 2.50. The Kier molecular flexibility index (Phi) is 5.21. The molecular weight excluding hydrogens is 284 g/mol. The zero-order valence-electron chi connectivity index (χ0n) is 12.9. The number of nitro groups is 1. The largest absolute Gasteiger partial charge is 0.335 e. The molecule has 2 N–H and O–H groups in total. The SMILES string of the molecule is CC[NH+]1CCC(=NNC(=O)c2ccc(C)c([N+](=O)[O-])c2)CC1. The van der Waals surface area contributed by atoms with Gasteiger partial charge in [-0.2, -0.15) is 5.10 Å². The second-order valence-electron chi connectivity index (χ2n) is 5.48. The summed E-state index contributed by atoms with van der Waals surface area (Å²) in [5, 5.41) is 15.1. The number of carbonyl (C=O) groups is 1. The van der Waals surface area contributed by atoms with Crippen LogP contribution in [0.2, 0.25) is 0 Å². The Morgan fingerprint density at radius 2 is 2.09 bits per heavy atom. The number of aryl methyl sites for hydroxylation is 1. The van der Waals surface area contributed by atoms with Crippen LogP contribution in [-0.4, -0.2) is 36.2 Å². The van der Waals surface area contributed by atoms with Gasteiger partial charge in [-0.3, -0.25) is 14.9 Å². The van der Waals surface area contributed by atoms with E-state index in [1.54, 1.807) is 24.0 Å². The van der Waals surface area contributed by atoms with Crippen molar-refractivity contribution in [2.45, 2.75) is 26.7 Å². The highest BCUT2D eigenvalue weighted by Crippen LogP contribution is 2.19. The van der Waals surface area contributed by atoms with E-state index in [9.17, 15) is 14.9 Å². The summed E-state index contributed by atoms with van der Waals surface area (Å²) < 4.78 is 0. The molecule has 0 aromatic heterocycles. The Balaban J connectivity index is 2.01.